The van der Waals surface area contributed by atoms with Crippen LogP contribution >= 0.6 is 15.9 Å². The minimum atomic E-state index is -4.79. The average molecular weight is 438 g/mol. The maximum absolute atomic E-state index is 13.7. The lowest BCUT2D eigenvalue weighted by Crippen LogP contribution is -2.30. The van der Waals surface area contributed by atoms with E-state index in [9.17, 15) is 18.0 Å². The molecule has 0 aliphatic carbocycles. The van der Waals surface area contributed by atoms with Crippen LogP contribution in [0.2, 0.25) is 0 Å². The highest BCUT2D eigenvalue weighted by Crippen LogP contribution is 2.28. The molecule has 1 N–H and O–H groups in total. The number of halogens is 4. The Kier molecular flexibility index (Phi) is 5.10. The molecule has 0 fully saturated rings. The maximum Gasteiger partial charge on any atom is 0.434 e. The van der Waals surface area contributed by atoms with Gasteiger partial charge >= 0.3 is 6.18 Å². The molecule has 0 aliphatic rings. The molecule has 0 saturated heterocycles. The van der Waals surface area contributed by atoms with Crippen LogP contribution in [0.15, 0.2) is 62.8 Å². The summed E-state index contributed by atoms with van der Waals surface area (Å²) in [4.78, 5) is 16.5. The number of hydrogen-bond donors (Lipinski definition) is 1. The van der Waals surface area contributed by atoms with Gasteiger partial charge in [-0.1, -0.05) is 34.1 Å². The van der Waals surface area contributed by atoms with E-state index in [-0.39, 0.29) is 11.4 Å². The van der Waals surface area contributed by atoms with E-state index in [1.54, 1.807) is 43.3 Å². The molecule has 4 nitrogen and oxygen atoms in total. The van der Waals surface area contributed by atoms with Crippen LogP contribution in [0.4, 0.5) is 18.9 Å². The summed E-state index contributed by atoms with van der Waals surface area (Å²) in [5.74, 6) is 0. The first-order valence-electron chi connectivity index (χ1n) is 7.98. The number of rotatable bonds is 3. The Morgan fingerprint density at radius 3 is 2.37 bits per heavy atom. The SMILES string of the molecule is Cc1cc(N=C(c2c(C)[nH]n(-c3ccccc3)c2=O)C(F)(F)F)ccc1Br. The summed E-state index contributed by atoms with van der Waals surface area (Å²) in [6.07, 6.45) is -4.79. The second-order valence-corrected chi connectivity index (χ2v) is 6.83. The molecule has 0 spiro atoms. The number of aromatic amines is 1. The van der Waals surface area contributed by atoms with Gasteiger partial charge in [0.15, 0.2) is 5.71 Å². The van der Waals surface area contributed by atoms with Gasteiger partial charge in [0, 0.05) is 10.2 Å². The summed E-state index contributed by atoms with van der Waals surface area (Å²) >= 11 is 3.30. The van der Waals surface area contributed by atoms with Crippen molar-refractivity contribution in [1.29, 1.82) is 0 Å². The Morgan fingerprint density at radius 1 is 1.11 bits per heavy atom. The summed E-state index contributed by atoms with van der Waals surface area (Å²) in [7, 11) is 0. The monoisotopic (exact) mass is 437 g/mol. The molecule has 0 unspecified atom stereocenters. The molecule has 0 bridgehead atoms. The van der Waals surface area contributed by atoms with E-state index in [4.69, 9.17) is 0 Å². The lowest BCUT2D eigenvalue weighted by molar-refractivity contribution is -0.0580. The zero-order chi connectivity index (χ0) is 19.8. The van der Waals surface area contributed by atoms with Crippen LogP contribution in [0.5, 0.6) is 0 Å². The van der Waals surface area contributed by atoms with Gasteiger partial charge in [-0.15, -0.1) is 0 Å². The highest BCUT2D eigenvalue weighted by Gasteiger charge is 2.40. The number of nitrogens with zero attached hydrogens (tertiary/aromatic N) is 2. The molecule has 2 aromatic carbocycles. The smallest absolute Gasteiger partial charge is 0.295 e. The number of H-pyrrole nitrogens is 1. The number of benzene rings is 2. The van der Waals surface area contributed by atoms with Gasteiger partial charge < -0.3 is 0 Å². The molecule has 3 rings (SSSR count). The van der Waals surface area contributed by atoms with E-state index in [2.05, 4.69) is 26.0 Å². The number of aliphatic imine (C=N–C) groups is 1. The number of aromatic nitrogens is 2. The molecule has 1 heterocycles. The van der Waals surface area contributed by atoms with Crippen molar-refractivity contribution in [3.8, 4) is 5.69 Å². The van der Waals surface area contributed by atoms with Crippen molar-refractivity contribution in [3.63, 3.8) is 0 Å². The topological polar surface area (TPSA) is 50.1 Å². The van der Waals surface area contributed by atoms with Crippen molar-refractivity contribution in [2.75, 3.05) is 0 Å². The van der Waals surface area contributed by atoms with Gasteiger partial charge in [0.1, 0.15) is 0 Å². The van der Waals surface area contributed by atoms with Crippen LogP contribution in [0.1, 0.15) is 16.8 Å². The normalized spacial score (nSPS) is 12.4. The largest absolute Gasteiger partial charge is 0.434 e. The van der Waals surface area contributed by atoms with E-state index in [1.807, 2.05) is 0 Å². The van der Waals surface area contributed by atoms with Gasteiger partial charge in [0.2, 0.25) is 0 Å². The predicted molar refractivity (Wildman–Crippen MR) is 102 cm³/mol. The zero-order valence-electron chi connectivity index (χ0n) is 14.4. The molecule has 0 amide bonds. The second kappa shape index (κ2) is 7.19. The Morgan fingerprint density at radius 2 is 1.78 bits per heavy atom. The summed E-state index contributed by atoms with van der Waals surface area (Å²) in [5.41, 5.74) is -1.13. The van der Waals surface area contributed by atoms with Gasteiger partial charge in [-0.25, -0.2) is 9.67 Å². The van der Waals surface area contributed by atoms with E-state index in [0.29, 0.717) is 5.69 Å². The van der Waals surface area contributed by atoms with E-state index >= 15 is 0 Å². The Bertz CT molecular complexity index is 1070. The highest BCUT2D eigenvalue weighted by molar-refractivity contribution is 9.10. The fraction of sp³-hybridized carbons (Fsp3) is 0.158. The molecular weight excluding hydrogens is 423 g/mol. The van der Waals surface area contributed by atoms with Gasteiger partial charge in [0.25, 0.3) is 5.56 Å². The van der Waals surface area contributed by atoms with Crippen LogP contribution in [0, 0.1) is 13.8 Å². The van der Waals surface area contributed by atoms with Crippen molar-refractivity contribution in [3.05, 3.63) is 80.2 Å². The first-order chi connectivity index (χ1) is 12.7. The third-order valence-electron chi connectivity index (χ3n) is 3.97. The fourth-order valence-corrected chi connectivity index (χ4v) is 2.92. The van der Waals surface area contributed by atoms with Crippen LogP contribution < -0.4 is 5.56 Å². The number of para-hydroxylation sites is 1. The molecule has 27 heavy (non-hydrogen) atoms. The summed E-state index contributed by atoms with van der Waals surface area (Å²) in [6.45, 7) is 3.17. The molecule has 0 aliphatic heterocycles. The Balaban J connectivity index is 2.21. The van der Waals surface area contributed by atoms with Crippen LogP contribution in [0.25, 0.3) is 5.69 Å². The average Bonchev–Trinajstić information content (AvgIpc) is 2.90. The van der Waals surface area contributed by atoms with Crippen molar-refractivity contribution < 1.29 is 13.2 Å². The Hall–Kier alpha value is -2.61. The van der Waals surface area contributed by atoms with Crippen molar-refractivity contribution in [2.24, 2.45) is 4.99 Å². The molecule has 0 atom stereocenters. The van der Waals surface area contributed by atoms with Crippen LogP contribution in [-0.4, -0.2) is 21.7 Å². The molecule has 0 radical (unpaired) electrons. The molecular formula is C19H15BrF3N3O. The lowest BCUT2D eigenvalue weighted by atomic mass is 10.1. The fourth-order valence-electron chi connectivity index (χ4n) is 2.67. The number of alkyl halides is 3. The van der Waals surface area contributed by atoms with Crippen molar-refractivity contribution in [1.82, 2.24) is 9.78 Å². The Labute approximate surface area is 161 Å². The van der Waals surface area contributed by atoms with Crippen LogP contribution in [0.3, 0.4) is 0 Å². The third kappa shape index (κ3) is 3.90. The minimum absolute atomic E-state index is 0.0914. The molecule has 0 saturated carbocycles. The second-order valence-electron chi connectivity index (χ2n) is 5.98. The molecule has 1 aromatic heterocycles. The summed E-state index contributed by atoms with van der Waals surface area (Å²) < 4.78 is 43.1. The number of hydrogen-bond acceptors (Lipinski definition) is 2. The molecule has 140 valence electrons. The van der Waals surface area contributed by atoms with Gasteiger partial charge in [-0.2, -0.15) is 13.2 Å². The van der Waals surface area contributed by atoms with E-state index < -0.39 is 23.0 Å². The third-order valence-corrected chi connectivity index (χ3v) is 4.86. The van der Waals surface area contributed by atoms with Gasteiger partial charge in [0.05, 0.1) is 16.9 Å². The highest BCUT2D eigenvalue weighted by atomic mass is 79.9. The first-order valence-corrected chi connectivity index (χ1v) is 8.77. The summed E-state index contributed by atoms with van der Waals surface area (Å²) in [5, 5.41) is 2.70. The van der Waals surface area contributed by atoms with Crippen molar-refractivity contribution >= 4 is 27.3 Å². The minimum Gasteiger partial charge on any atom is -0.295 e. The maximum atomic E-state index is 13.7. The van der Waals surface area contributed by atoms with Crippen molar-refractivity contribution in [2.45, 2.75) is 20.0 Å². The van der Waals surface area contributed by atoms with Crippen LogP contribution in [-0.2, 0) is 0 Å². The zero-order valence-corrected chi connectivity index (χ0v) is 16.0. The number of aryl methyl sites for hydroxylation is 2. The summed E-state index contributed by atoms with van der Waals surface area (Å²) in [6, 6.07) is 13.0. The standard InChI is InChI=1S/C19H15BrF3N3O/c1-11-10-13(8-9-15(11)20)24-17(19(21,22)23)16-12(2)25-26(18(16)27)14-6-4-3-5-7-14/h3-10,25H,1-2H3. The molecule has 8 heteroatoms. The molecule has 3 aromatic rings. The van der Waals surface area contributed by atoms with E-state index in [1.165, 1.54) is 19.1 Å². The predicted octanol–water partition coefficient (Wildman–Crippen LogP) is 5.23. The quantitative estimate of drug-likeness (QED) is 0.560. The van der Waals surface area contributed by atoms with E-state index in [0.717, 1.165) is 14.7 Å². The lowest BCUT2D eigenvalue weighted by Gasteiger charge is -2.10. The first kappa shape index (κ1) is 19.2. The van der Waals surface area contributed by atoms with Gasteiger partial charge in [-0.05, 0) is 49.7 Å². The number of nitrogens with one attached hydrogen (secondary N) is 1. The van der Waals surface area contributed by atoms with Gasteiger partial charge in [-0.3, -0.25) is 9.89 Å².